The highest BCUT2D eigenvalue weighted by Crippen LogP contribution is 2.30. The van der Waals surface area contributed by atoms with Crippen LogP contribution in [0.2, 0.25) is 0 Å². The summed E-state index contributed by atoms with van der Waals surface area (Å²) < 4.78 is 54.9. The van der Waals surface area contributed by atoms with E-state index in [0.717, 1.165) is 24.3 Å². The van der Waals surface area contributed by atoms with Gasteiger partial charge in [0, 0.05) is 0 Å². The van der Waals surface area contributed by atoms with E-state index in [1.165, 1.54) is 31.5 Å². The zero-order chi connectivity index (χ0) is 28.3. The predicted octanol–water partition coefficient (Wildman–Crippen LogP) is 2.73. The molecule has 0 unspecified atom stereocenters. The van der Waals surface area contributed by atoms with Crippen molar-refractivity contribution >= 4 is 39.1 Å². The minimum Gasteiger partial charge on any atom is -0.493 e. The molecule has 0 radical (unpaired) electrons. The monoisotopic (exact) mass is 565 g/mol. The van der Waals surface area contributed by atoms with Gasteiger partial charge in [-0.15, -0.1) is 0 Å². The van der Waals surface area contributed by atoms with E-state index in [9.17, 15) is 17.6 Å². The van der Waals surface area contributed by atoms with Gasteiger partial charge in [-0.1, -0.05) is 12.1 Å². The van der Waals surface area contributed by atoms with Crippen molar-refractivity contribution in [3.05, 3.63) is 78.1 Å². The fourth-order valence-electron chi connectivity index (χ4n) is 3.73. The van der Waals surface area contributed by atoms with Crippen molar-refractivity contribution in [1.82, 2.24) is 25.3 Å². The largest absolute Gasteiger partial charge is 0.493 e. The second-order valence-corrected chi connectivity index (χ2v) is 9.75. The first-order chi connectivity index (χ1) is 19.2. The van der Waals surface area contributed by atoms with Crippen molar-refractivity contribution < 1.29 is 31.2 Å². The molecule has 15 heteroatoms. The molecule has 3 N–H and O–H groups in total. The second-order valence-electron chi connectivity index (χ2n) is 8.20. The van der Waals surface area contributed by atoms with E-state index in [1.54, 1.807) is 28.8 Å². The Morgan fingerprint density at radius 1 is 1.12 bits per heavy atom. The number of hydrogen-bond donors (Lipinski definition) is 2. The number of carbonyl (C=O) groups excluding carboxylic acids is 1. The van der Waals surface area contributed by atoms with E-state index < -0.39 is 21.8 Å². The number of hydrogen-bond acceptors (Lipinski definition) is 11. The molecule has 0 aliphatic rings. The first kappa shape index (κ1) is 26.3. The number of methoxy groups -OCH3 is 1. The molecule has 2 aromatic heterocycles. The lowest BCUT2D eigenvalue weighted by Crippen LogP contribution is -2.23. The number of halogens is 1. The van der Waals surface area contributed by atoms with Crippen molar-refractivity contribution in [1.29, 1.82) is 0 Å². The summed E-state index contributed by atoms with van der Waals surface area (Å²) in [6, 6.07) is 15.7. The first-order valence-electron chi connectivity index (χ1n) is 11.5. The number of ether oxygens (including phenoxy) is 1. The van der Waals surface area contributed by atoms with E-state index in [0.29, 0.717) is 22.4 Å². The highest BCUT2D eigenvalue weighted by atomic mass is 32.2. The maximum Gasteiger partial charge on any atom is 0.339 e. The molecule has 0 fully saturated rings. The number of hydrazone groups is 1. The molecule has 5 aromatic rings. The zero-order valence-corrected chi connectivity index (χ0v) is 21.5. The van der Waals surface area contributed by atoms with Gasteiger partial charge in [0.15, 0.2) is 28.8 Å². The number of nitrogens with two attached hydrogens (primary N) is 1. The van der Waals surface area contributed by atoms with Gasteiger partial charge in [-0.2, -0.15) is 13.5 Å². The smallest absolute Gasteiger partial charge is 0.339 e. The first-order valence-corrected chi connectivity index (χ1v) is 12.9. The van der Waals surface area contributed by atoms with Gasteiger partial charge in [0.25, 0.3) is 5.91 Å². The highest BCUT2D eigenvalue weighted by molar-refractivity contribution is 7.87. The zero-order valence-electron chi connectivity index (χ0n) is 20.7. The maximum absolute atomic E-state index is 13.2. The number of nitrogen functional groups attached to an aromatic ring is 1. The van der Waals surface area contributed by atoms with Crippen LogP contribution < -0.4 is 20.1 Å². The van der Waals surface area contributed by atoms with Crippen LogP contribution in [0.1, 0.15) is 5.56 Å². The Hall–Kier alpha value is -5.31. The molecule has 3 aromatic carbocycles. The fourth-order valence-corrected chi connectivity index (χ4v) is 4.67. The molecule has 0 aliphatic heterocycles. The Morgan fingerprint density at radius 3 is 2.62 bits per heavy atom. The van der Waals surface area contributed by atoms with Crippen molar-refractivity contribution in [2.24, 2.45) is 5.10 Å². The van der Waals surface area contributed by atoms with Gasteiger partial charge in [-0.25, -0.2) is 19.4 Å². The van der Waals surface area contributed by atoms with Crippen LogP contribution in [-0.4, -0.2) is 47.5 Å². The molecular weight excluding hydrogens is 545 g/mol. The molecule has 13 nitrogen and oxygen atoms in total. The molecule has 0 saturated heterocycles. The van der Waals surface area contributed by atoms with Crippen LogP contribution >= 0.6 is 0 Å². The molecule has 0 spiro atoms. The van der Waals surface area contributed by atoms with Crippen LogP contribution in [0.5, 0.6) is 11.5 Å². The highest BCUT2D eigenvalue weighted by Gasteiger charge is 2.21. The fraction of sp³-hybridized carbons (Fsp3) is 0.0800. The molecule has 204 valence electrons. The molecule has 2 heterocycles. The van der Waals surface area contributed by atoms with Crippen molar-refractivity contribution in [2.45, 2.75) is 11.4 Å². The minimum atomic E-state index is -4.23. The van der Waals surface area contributed by atoms with E-state index in [-0.39, 0.29) is 34.5 Å². The van der Waals surface area contributed by atoms with Crippen LogP contribution in [0.3, 0.4) is 0 Å². The quantitative estimate of drug-likeness (QED) is 0.153. The summed E-state index contributed by atoms with van der Waals surface area (Å²) in [6.07, 6.45) is 1.34. The third-order valence-corrected chi connectivity index (χ3v) is 6.82. The summed E-state index contributed by atoms with van der Waals surface area (Å²) in [5.74, 6) is -0.726. The van der Waals surface area contributed by atoms with E-state index in [1.807, 2.05) is 0 Å². The molecule has 0 atom stereocenters. The Kier molecular flexibility index (Phi) is 7.11. The average Bonchev–Trinajstić information content (AvgIpc) is 3.52. The predicted molar refractivity (Wildman–Crippen MR) is 140 cm³/mol. The molecule has 40 heavy (non-hydrogen) atoms. The number of amides is 1. The number of nitrogens with zero attached hydrogens (tertiary/aromatic N) is 5. The Balaban J connectivity index is 1.30. The molecule has 1 amide bonds. The Morgan fingerprint density at radius 2 is 1.90 bits per heavy atom. The van der Waals surface area contributed by atoms with Crippen molar-refractivity contribution in [3.63, 3.8) is 0 Å². The minimum absolute atomic E-state index is 0.0295. The summed E-state index contributed by atoms with van der Waals surface area (Å²) >= 11 is 0. The van der Waals surface area contributed by atoms with Gasteiger partial charge in [0.2, 0.25) is 0 Å². The van der Waals surface area contributed by atoms with Crippen LogP contribution in [0, 0.1) is 5.82 Å². The van der Waals surface area contributed by atoms with Crippen molar-refractivity contribution in [3.8, 4) is 23.0 Å². The lowest BCUT2D eigenvalue weighted by atomic mass is 10.2. The van der Waals surface area contributed by atoms with Gasteiger partial charge in [0.05, 0.1) is 24.4 Å². The maximum atomic E-state index is 13.2. The number of benzene rings is 3. The number of aromatic nitrogens is 4. The molecule has 0 bridgehead atoms. The van der Waals surface area contributed by atoms with E-state index in [2.05, 4.69) is 30.5 Å². The van der Waals surface area contributed by atoms with Crippen LogP contribution in [0.15, 0.2) is 81.4 Å². The van der Waals surface area contributed by atoms with Crippen LogP contribution in [0.25, 0.3) is 22.6 Å². The van der Waals surface area contributed by atoms with Gasteiger partial charge < -0.3 is 19.2 Å². The number of anilines is 1. The standard InChI is InChI=1S/C25H20FN7O6S/c1-37-21-12-15(6-11-20(21)38-40(35,36)17-9-7-16(26)8-10-17)13-28-30-22(34)14-33-19-5-3-2-4-18(19)29-25(33)23-24(27)32-39-31-23/h2-13H,14H2,1H3,(H2,27,32)(H,30,34)/b28-13-. The third kappa shape index (κ3) is 5.44. The Bertz CT molecular complexity index is 1830. The van der Waals surface area contributed by atoms with E-state index >= 15 is 0 Å². The molecule has 5 rings (SSSR count). The SMILES string of the molecule is COc1cc(/C=N\NC(=O)Cn2c(-c3nonc3N)nc3ccccc32)ccc1OS(=O)(=O)c1ccc(F)cc1. The van der Waals surface area contributed by atoms with Gasteiger partial charge >= 0.3 is 10.1 Å². The lowest BCUT2D eigenvalue weighted by molar-refractivity contribution is -0.121. The summed E-state index contributed by atoms with van der Waals surface area (Å²) in [5, 5.41) is 11.3. The average molecular weight is 566 g/mol. The summed E-state index contributed by atoms with van der Waals surface area (Å²) in [7, 11) is -2.90. The number of fused-ring (bicyclic) bond motifs is 1. The number of imidazole rings is 1. The molecular formula is C25H20FN7O6S. The molecule has 0 saturated carbocycles. The number of carbonyl (C=O) groups is 1. The normalized spacial score (nSPS) is 11.7. The third-order valence-electron chi connectivity index (χ3n) is 5.57. The summed E-state index contributed by atoms with van der Waals surface area (Å²) in [4.78, 5) is 17.0. The molecule has 0 aliphatic carbocycles. The lowest BCUT2D eigenvalue weighted by Gasteiger charge is -2.11. The number of nitrogens with one attached hydrogen (secondary N) is 1. The topological polar surface area (TPSA) is 177 Å². The van der Waals surface area contributed by atoms with Crippen molar-refractivity contribution in [2.75, 3.05) is 12.8 Å². The number of rotatable bonds is 9. The Labute approximate surface area is 226 Å². The van der Waals surface area contributed by atoms with Gasteiger partial charge in [0.1, 0.15) is 17.3 Å². The number of para-hydroxylation sites is 2. The second kappa shape index (κ2) is 10.8. The van der Waals surface area contributed by atoms with Crippen LogP contribution in [0.4, 0.5) is 10.2 Å². The summed E-state index contributed by atoms with van der Waals surface area (Å²) in [6.45, 7) is -0.170. The van der Waals surface area contributed by atoms with Gasteiger partial charge in [-0.3, -0.25) is 4.79 Å². The van der Waals surface area contributed by atoms with Crippen LogP contribution in [-0.2, 0) is 21.5 Å². The van der Waals surface area contributed by atoms with E-state index in [4.69, 9.17) is 14.7 Å². The summed E-state index contributed by atoms with van der Waals surface area (Å²) in [5.41, 5.74) is 10.2. The van der Waals surface area contributed by atoms with Gasteiger partial charge in [-0.05, 0) is 70.5 Å².